The summed E-state index contributed by atoms with van der Waals surface area (Å²) in [5.41, 5.74) is 3.81. The van der Waals surface area contributed by atoms with E-state index in [0.717, 1.165) is 0 Å². The number of rotatable bonds is 4. The summed E-state index contributed by atoms with van der Waals surface area (Å²) in [6, 6.07) is 9.12. The summed E-state index contributed by atoms with van der Waals surface area (Å²) in [5.74, 6) is 4.45. The minimum absolute atomic E-state index is 0.0868. The van der Waals surface area contributed by atoms with Crippen LogP contribution >= 0.6 is 0 Å². The summed E-state index contributed by atoms with van der Waals surface area (Å²) >= 11 is 0. The number of hydrogen-bond donors (Lipinski definition) is 2. The van der Waals surface area contributed by atoms with E-state index in [0.29, 0.717) is 11.1 Å². The van der Waals surface area contributed by atoms with Gasteiger partial charge in [-0.3, -0.25) is 5.84 Å². The van der Waals surface area contributed by atoms with Gasteiger partial charge in [0.1, 0.15) is 12.4 Å². The summed E-state index contributed by atoms with van der Waals surface area (Å²) < 4.78 is 32.3. The van der Waals surface area contributed by atoms with E-state index in [1.807, 2.05) is 0 Å². The molecule has 0 aliphatic rings. The van der Waals surface area contributed by atoms with Crippen LogP contribution in [0.4, 0.5) is 14.5 Å². The number of nitrogens with one attached hydrogen (secondary N) is 1. The van der Waals surface area contributed by atoms with E-state index in [-0.39, 0.29) is 18.0 Å². The number of hydrogen-bond acceptors (Lipinski definition) is 3. The van der Waals surface area contributed by atoms with Crippen LogP contribution in [0.2, 0.25) is 0 Å². The first-order valence-corrected chi connectivity index (χ1v) is 5.75. The summed E-state index contributed by atoms with van der Waals surface area (Å²) in [6.45, 7) is 1.81. The molecule has 2 rings (SSSR count). The van der Waals surface area contributed by atoms with Gasteiger partial charge in [0.2, 0.25) is 0 Å². The number of anilines is 1. The molecule has 5 heteroatoms. The normalized spacial score (nSPS) is 10.3. The lowest BCUT2D eigenvalue weighted by atomic mass is 10.1. The number of nitrogens with two attached hydrogens (primary N) is 1. The molecular weight excluding hydrogens is 250 g/mol. The second kappa shape index (κ2) is 5.67. The molecule has 3 N–H and O–H groups in total. The van der Waals surface area contributed by atoms with Crippen LogP contribution in [0.3, 0.4) is 0 Å². The maximum Gasteiger partial charge on any atom is 0.165 e. The summed E-state index contributed by atoms with van der Waals surface area (Å²) in [6.07, 6.45) is 0. The zero-order chi connectivity index (χ0) is 13.8. The first-order valence-electron chi connectivity index (χ1n) is 5.75. The van der Waals surface area contributed by atoms with Gasteiger partial charge in [0.15, 0.2) is 11.6 Å². The predicted molar refractivity (Wildman–Crippen MR) is 69.7 cm³/mol. The van der Waals surface area contributed by atoms with Gasteiger partial charge in [0.25, 0.3) is 0 Å². The van der Waals surface area contributed by atoms with Crippen molar-refractivity contribution in [3.63, 3.8) is 0 Å². The number of hydrazine groups is 1. The van der Waals surface area contributed by atoms with Gasteiger partial charge in [0.05, 0.1) is 5.69 Å². The van der Waals surface area contributed by atoms with Gasteiger partial charge in [-0.1, -0.05) is 18.2 Å². The monoisotopic (exact) mass is 264 g/mol. The van der Waals surface area contributed by atoms with E-state index in [1.54, 1.807) is 25.1 Å². The fourth-order valence-electron chi connectivity index (χ4n) is 1.80. The number of aryl methyl sites for hydroxylation is 1. The van der Waals surface area contributed by atoms with Crippen molar-refractivity contribution in [2.75, 3.05) is 5.43 Å². The molecule has 0 aromatic heterocycles. The maximum absolute atomic E-state index is 13.6. The molecule has 0 amide bonds. The number of benzene rings is 2. The Labute approximate surface area is 110 Å². The second-order valence-corrected chi connectivity index (χ2v) is 4.13. The molecule has 0 atom stereocenters. The quantitative estimate of drug-likeness (QED) is 0.658. The molecule has 0 unspecified atom stereocenters. The fourth-order valence-corrected chi connectivity index (χ4v) is 1.80. The highest BCUT2D eigenvalue weighted by molar-refractivity contribution is 5.52. The van der Waals surface area contributed by atoms with E-state index >= 15 is 0 Å². The average Bonchev–Trinajstić information content (AvgIpc) is 2.37. The molecule has 0 heterocycles. The minimum Gasteiger partial charge on any atom is -0.486 e. The number of halogens is 2. The zero-order valence-corrected chi connectivity index (χ0v) is 10.4. The molecule has 19 heavy (non-hydrogen) atoms. The molecule has 0 aliphatic carbocycles. The number of nitrogen functional groups attached to an aromatic ring is 1. The smallest absolute Gasteiger partial charge is 0.165 e. The maximum atomic E-state index is 13.6. The first-order chi connectivity index (χ1) is 9.11. The molecule has 0 saturated heterocycles. The van der Waals surface area contributed by atoms with Crippen LogP contribution in [-0.2, 0) is 6.61 Å². The van der Waals surface area contributed by atoms with Gasteiger partial charge < -0.3 is 10.2 Å². The van der Waals surface area contributed by atoms with Gasteiger partial charge in [-0.25, -0.2) is 8.78 Å². The second-order valence-electron chi connectivity index (χ2n) is 4.13. The predicted octanol–water partition coefficient (Wildman–Crippen LogP) is 3.14. The van der Waals surface area contributed by atoms with Crippen LogP contribution in [0.5, 0.6) is 5.75 Å². The molecule has 0 spiro atoms. The molecule has 2 aromatic rings. The van der Waals surface area contributed by atoms with Crippen molar-refractivity contribution in [1.82, 2.24) is 0 Å². The Morgan fingerprint density at radius 1 is 1.16 bits per heavy atom. The molecule has 3 nitrogen and oxygen atoms in total. The lowest BCUT2D eigenvalue weighted by Crippen LogP contribution is -2.11. The molecule has 0 fully saturated rings. The number of para-hydroxylation sites is 1. The largest absolute Gasteiger partial charge is 0.486 e. The molecule has 100 valence electrons. The van der Waals surface area contributed by atoms with Crippen molar-refractivity contribution in [3.05, 3.63) is 59.2 Å². The van der Waals surface area contributed by atoms with Crippen LogP contribution in [-0.4, -0.2) is 0 Å². The number of ether oxygens (including phenoxy) is 1. The lowest BCUT2D eigenvalue weighted by molar-refractivity contribution is 0.289. The topological polar surface area (TPSA) is 47.3 Å². The van der Waals surface area contributed by atoms with E-state index in [9.17, 15) is 8.78 Å². The van der Waals surface area contributed by atoms with Gasteiger partial charge in [-0.15, -0.1) is 0 Å². The molecule has 0 bridgehead atoms. The van der Waals surface area contributed by atoms with Crippen molar-refractivity contribution in [1.29, 1.82) is 0 Å². The average molecular weight is 264 g/mol. The third-order valence-electron chi connectivity index (χ3n) is 2.72. The summed E-state index contributed by atoms with van der Waals surface area (Å²) in [4.78, 5) is 0. The molecular formula is C14H14F2N2O. The van der Waals surface area contributed by atoms with Crippen LogP contribution in [0, 0.1) is 18.6 Å². The molecule has 2 aromatic carbocycles. The Bertz CT molecular complexity index is 564. The zero-order valence-electron chi connectivity index (χ0n) is 10.4. The van der Waals surface area contributed by atoms with Crippen molar-refractivity contribution < 1.29 is 13.5 Å². The third kappa shape index (κ3) is 3.00. The Morgan fingerprint density at radius 2 is 1.89 bits per heavy atom. The van der Waals surface area contributed by atoms with Crippen LogP contribution < -0.4 is 16.0 Å². The Hall–Kier alpha value is -2.14. The van der Waals surface area contributed by atoms with Gasteiger partial charge in [-0.05, 0) is 36.2 Å². The van der Waals surface area contributed by atoms with Crippen molar-refractivity contribution in [3.8, 4) is 5.75 Å². The SMILES string of the molecule is Cc1cc(COc2ccccc2F)cc(F)c1NN. The van der Waals surface area contributed by atoms with Crippen LogP contribution in [0.25, 0.3) is 0 Å². The Kier molecular flexibility index (Phi) is 3.97. The van der Waals surface area contributed by atoms with E-state index in [1.165, 1.54) is 18.2 Å². The fraction of sp³-hybridized carbons (Fsp3) is 0.143. The summed E-state index contributed by atoms with van der Waals surface area (Å²) in [7, 11) is 0. The van der Waals surface area contributed by atoms with Crippen molar-refractivity contribution >= 4 is 5.69 Å². The first kappa shape index (κ1) is 13.3. The Morgan fingerprint density at radius 3 is 2.53 bits per heavy atom. The molecule has 0 saturated carbocycles. The lowest BCUT2D eigenvalue weighted by Gasteiger charge is -2.11. The van der Waals surface area contributed by atoms with Gasteiger partial charge in [0, 0.05) is 0 Å². The summed E-state index contributed by atoms with van der Waals surface area (Å²) in [5, 5.41) is 0. The third-order valence-corrected chi connectivity index (χ3v) is 2.72. The highest BCUT2D eigenvalue weighted by atomic mass is 19.1. The van der Waals surface area contributed by atoms with Crippen LogP contribution in [0.15, 0.2) is 36.4 Å². The van der Waals surface area contributed by atoms with E-state index < -0.39 is 11.6 Å². The minimum atomic E-state index is -0.463. The van der Waals surface area contributed by atoms with Crippen LogP contribution in [0.1, 0.15) is 11.1 Å². The standard InChI is InChI=1S/C14H14F2N2O/c1-9-6-10(7-12(16)14(9)18-17)8-19-13-5-3-2-4-11(13)15/h2-7,18H,8,17H2,1H3. The van der Waals surface area contributed by atoms with E-state index in [4.69, 9.17) is 10.6 Å². The molecule has 0 aliphatic heterocycles. The highest BCUT2D eigenvalue weighted by Crippen LogP contribution is 2.22. The Balaban J connectivity index is 2.15. The molecule has 0 radical (unpaired) electrons. The van der Waals surface area contributed by atoms with E-state index in [2.05, 4.69) is 5.43 Å². The highest BCUT2D eigenvalue weighted by Gasteiger charge is 2.08. The van der Waals surface area contributed by atoms with Crippen molar-refractivity contribution in [2.45, 2.75) is 13.5 Å². The van der Waals surface area contributed by atoms with Gasteiger partial charge >= 0.3 is 0 Å². The van der Waals surface area contributed by atoms with Gasteiger partial charge in [-0.2, -0.15) is 0 Å². The van der Waals surface area contributed by atoms with Crippen molar-refractivity contribution in [2.24, 2.45) is 5.84 Å².